The number of benzene rings is 1. The number of likely N-dealkylation sites (N-methyl/N-ethyl adjacent to an activating group) is 1. The maximum Gasteiger partial charge on any atom is 0.227 e. The second-order valence-corrected chi connectivity index (χ2v) is 5.36. The third-order valence-electron chi connectivity index (χ3n) is 3.83. The Hall–Kier alpha value is -1.39. The minimum Gasteiger partial charge on any atom is -0.333 e. The molecule has 1 heterocycles. The summed E-state index contributed by atoms with van der Waals surface area (Å²) in [7, 11) is 2.10. The fourth-order valence-electron chi connectivity index (χ4n) is 2.53. The highest BCUT2D eigenvalue weighted by atomic mass is 16.2. The summed E-state index contributed by atoms with van der Waals surface area (Å²) < 4.78 is 0. The van der Waals surface area contributed by atoms with Gasteiger partial charge in [0.2, 0.25) is 5.91 Å². The number of rotatable bonds is 3. The van der Waals surface area contributed by atoms with Crippen LogP contribution in [0.1, 0.15) is 18.5 Å². The first-order chi connectivity index (χ1) is 9.13. The largest absolute Gasteiger partial charge is 0.333 e. The summed E-state index contributed by atoms with van der Waals surface area (Å²) in [6, 6.07) is 10.4. The van der Waals surface area contributed by atoms with Gasteiger partial charge in [-0.3, -0.25) is 4.79 Å². The molecule has 2 atom stereocenters. The van der Waals surface area contributed by atoms with Crippen molar-refractivity contribution in [2.75, 3.05) is 33.2 Å². The molecule has 4 nitrogen and oxygen atoms in total. The molecule has 2 rings (SSSR count). The van der Waals surface area contributed by atoms with E-state index in [1.807, 2.05) is 30.0 Å². The highest BCUT2D eigenvalue weighted by Crippen LogP contribution is 2.26. The van der Waals surface area contributed by atoms with Gasteiger partial charge in [-0.25, -0.2) is 0 Å². The highest BCUT2D eigenvalue weighted by molar-refractivity contribution is 5.79. The first-order valence-corrected chi connectivity index (χ1v) is 6.87. The topological polar surface area (TPSA) is 49.6 Å². The van der Waals surface area contributed by atoms with Crippen LogP contribution < -0.4 is 5.73 Å². The minimum absolute atomic E-state index is 0.102. The lowest BCUT2D eigenvalue weighted by molar-refractivity contribution is -0.139. The van der Waals surface area contributed by atoms with Gasteiger partial charge in [0.05, 0.1) is 6.04 Å². The first kappa shape index (κ1) is 14.0. The Bertz CT molecular complexity index is 421. The first-order valence-electron chi connectivity index (χ1n) is 6.87. The second kappa shape index (κ2) is 6.17. The van der Waals surface area contributed by atoms with Gasteiger partial charge in [0, 0.05) is 32.1 Å². The van der Waals surface area contributed by atoms with E-state index in [0.717, 1.165) is 19.6 Å². The molecule has 0 bridgehead atoms. The van der Waals surface area contributed by atoms with Gasteiger partial charge in [0.15, 0.2) is 0 Å². The summed E-state index contributed by atoms with van der Waals surface area (Å²) in [5.74, 6) is 0.0686. The Balaban J connectivity index is 2.22. The molecule has 0 aliphatic carbocycles. The number of nitrogens with zero attached hydrogens (tertiary/aromatic N) is 2. The Kier molecular flexibility index (Phi) is 4.56. The molecule has 2 unspecified atom stereocenters. The van der Waals surface area contributed by atoms with Crippen molar-refractivity contribution in [2.45, 2.75) is 13.0 Å². The van der Waals surface area contributed by atoms with Gasteiger partial charge < -0.3 is 15.5 Å². The Morgan fingerprint density at radius 2 is 2.05 bits per heavy atom. The van der Waals surface area contributed by atoms with Gasteiger partial charge in [0.1, 0.15) is 0 Å². The molecule has 1 fully saturated rings. The van der Waals surface area contributed by atoms with E-state index in [1.165, 1.54) is 5.56 Å². The summed E-state index contributed by atoms with van der Waals surface area (Å²) in [4.78, 5) is 16.7. The van der Waals surface area contributed by atoms with Crippen molar-refractivity contribution in [3.63, 3.8) is 0 Å². The van der Waals surface area contributed by atoms with Crippen LogP contribution in [-0.2, 0) is 4.79 Å². The number of piperazine rings is 1. The molecule has 1 amide bonds. The maximum atomic E-state index is 12.4. The monoisotopic (exact) mass is 261 g/mol. The lowest BCUT2D eigenvalue weighted by Crippen LogP contribution is -2.51. The van der Waals surface area contributed by atoms with Crippen LogP contribution in [0.25, 0.3) is 0 Å². The van der Waals surface area contributed by atoms with E-state index in [-0.39, 0.29) is 17.9 Å². The smallest absolute Gasteiger partial charge is 0.227 e. The quantitative estimate of drug-likeness (QED) is 0.886. The van der Waals surface area contributed by atoms with Crippen LogP contribution in [0, 0.1) is 5.92 Å². The maximum absolute atomic E-state index is 12.4. The molecular formula is C15H23N3O. The van der Waals surface area contributed by atoms with Crippen molar-refractivity contribution in [3.05, 3.63) is 35.9 Å². The number of nitrogens with two attached hydrogens (primary N) is 1. The third-order valence-corrected chi connectivity index (χ3v) is 3.83. The third kappa shape index (κ3) is 3.14. The molecule has 4 heteroatoms. The zero-order chi connectivity index (χ0) is 13.8. The zero-order valence-electron chi connectivity index (χ0n) is 11.7. The molecule has 104 valence electrons. The normalized spacial score (nSPS) is 22.3. The number of hydrogen-bond donors (Lipinski definition) is 1. The van der Waals surface area contributed by atoms with Crippen LogP contribution in [0.15, 0.2) is 30.3 Å². The van der Waals surface area contributed by atoms with Gasteiger partial charge >= 0.3 is 0 Å². The summed E-state index contributed by atoms with van der Waals surface area (Å²) >= 11 is 0. The molecule has 2 N–H and O–H groups in total. The average Bonchev–Trinajstić information content (AvgIpc) is 2.46. The van der Waals surface area contributed by atoms with Crippen LogP contribution in [0.4, 0.5) is 0 Å². The van der Waals surface area contributed by atoms with E-state index in [2.05, 4.69) is 24.1 Å². The van der Waals surface area contributed by atoms with Crippen LogP contribution in [0.2, 0.25) is 0 Å². The minimum atomic E-state index is -0.102. The Morgan fingerprint density at radius 1 is 1.37 bits per heavy atom. The number of carbonyl (C=O) groups excluding carboxylic acids is 1. The fourth-order valence-corrected chi connectivity index (χ4v) is 2.53. The van der Waals surface area contributed by atoms with Crippen LogP contribution >= 0.6 is 0 Å². The SMILES string of the molecule is CC(CN)C(=O)N1CCN(C)CC1c1ccccc1. The fraction of sp³-hybridized carbons (Fsp3) is 0.533. The molecule has 0 saturated carbocycles. The van der Waals surface area contributed by atoms with E-state index in [1.54, 1.807) is 0 Å². The summed E-state index contributed by atoms with van der Waals surface area (Å²) in [6.45, 7) is 4.90. The van der Waals surface area contributed by atoms with Crippen molar-refractivity contribution in [1.29, 1.82) is 0 Å². The van der Waals surface area contributed by atoms with Crippen molar-refractivity contribution in [2.24, 2.45) is 11.7 Å². The number of hydrogen-bond acceptors (Lipinski definition) is 3. The highest BCUT2D eigenvalue weighted by Gasteiger charge is 2.31. The van der Waals surface area contributed by atoms with Crippen molar-refractivity contribution >= 4 is 5.91 Å². The summed E-state index contributed by atoms with van der Waals surface area (Å²) in [5, 5.41) is 0. The van der Waals surface area contributed by atoms with Gasteiger partial charge in [-0.05, 0) is 12.6 Å². The van der Waals surface area contributed by atoms with E-state index in [9.17, 15) is 4.79 Å². The van der Waals surface area contributed by atoms with Gasteiger partial charge in [-0.1, -0.05) is 37.3 Å². The molecule has 0 radical (unpaired) electrons. The van der Waals surface area contributed by atoms with Gasteiger partial charge in [-0.15, -0.1) is 0 Å². The van der Waals surface area contributed by atoms with Crippen molar-refractivity contribution in [3.8, 4) is 0 Å². The summed E-state index contributed by atoms with van der Waals surface area (Å²) in [5.41, 5.74) is 6.83. The predicted octanol–water partition coefficient (Wildman–Crippen LogP) is 1.10. The van der Waals surface area contributed by atoms with Crippen molar-refractivity contribution in [1.82, 2.24) is 9.80 Å². The average molecular weight is 261 g/mol. The molecule has 1 aromatic rings. The van der Waals surface area contributed by atoms with Crippen LogP contribution in [0.3, 0.4) is 0 Å². The van der Waals surface area contributed by atoms with Gasteiger partial charge in [-0.2, -0.15) is 0 Å². The Morgan fingerprint density at radius 3 is 2.68 bits per heavy atom. The molecular weight excluding hydrogens is 238 g/mol. The summed E-state index contributed by atoms with van der Waals surface area (Å²) in [6.07, 6.45) is 0. The van der Waals surface area contributed by atoms with E-state index in [0.29, 0.717) is 6.54 Å². The van der Waals surface area contributed by atoms with Crippen LogP contribution in [-0.4, -0.2) is 48.9 Å². The number of carbonyl (C=O) groups is 1. The zero-order valence-corrected chi connectivity index (χ0v) is 11.7. The second-order valence-electron chi connectivity index (χ2n) is 5.36. The molecule has 1 aliphatic heterocycles. The molecule has 19 heavy (non-hydrogen) atoms. The van der Waals surface area contributed by atoms with E-state index >= 15 is 0 Å². The lowest BCUT2D eigenvalue weighted by Gasteiger charge is -2.41. The molecule has 0 spiro atoms. The van der Waals surface area contributed by atoms with Crippen molar-refractivity contribution < 1.29 is 4.79 Å². The molecule has 1 aromatic carbocycles. The predicted molar refractivity (Wildman–Crippen MR) is 76.6 cm³/mol. The number of amides is 1. The van der Waals surface area contributed by atoms with Crippen LogP contribution in [0.5, 0.6) is 0 Å². The molecule has 0 aromatic heterocycles. The van der Waals surface area contributed by atoms with Gasteiger partial charge in [0.25, 0.3) is 0 Å². The lowest BCUT2D eigenvalue weighted by atomic mass is 10.00. The standard InChI is InChI=1S/C15H23N3O/c1-12(10-16)15(19)18-9-8-17(2)11-14(18)13-6-4-3-5-7-13/h3-7,12,14H,8-11,16H2,1-2H3. The Labute approximate surface area is 115 Å². The van der Waals surface area contributed by atoms with E-state index in [4.69, 9.17) is 5.73 Å². The molecule has 1 aliphatic rings. The van der Waals surface area contributed by atoms with E-state index < -0.39 is 0 Å². The molecule has 1 saturated heterocycles.